The normalized spacial score (nSPS) is 20.0. The molecule has 1 saturated carbocycles. The van der Waals surface area contributed by atoms with Crippen LogP contribution in [0.15, 0.2) is 48.5 Å². The molecule has 2 aliphatic rings. The molecule has 2 aromatic carbocycles. The van der Waals surface area contributed by atoms with Gasteiger partial charge in [-0.15, -0.1) is 0 Å². The lowest BCUT2D eigenvalue weighted by atomic mass is 9.83. The number of alkyl carbamates (subject to hydrolysis) is 1. The van der Waals surface area contributed by atoms with Gasteiger partial charge in [-0.1, -0.05) is 61.4 Å². The molecule has 0 spiro atoms. The molecule has 8 heteroatoms. The van der Waals surface area contributed by atoms with E-state index in [4.69, 9.17) is 9.47 Å². The Morgan fingerprint density at radius 2 is 1.62 bits per heavy atom. The van der Waals surface area contributed by atoms with Crippen molar-refractivity contribution in [3.05, 3.63) is 59.7 Å². The second kappa shape index (κ2) is 10.7. The summed E-state index contributed by atoms with van der Waals surface area (Å²) in [6.45, 7) is 0.0661. The van der Waals surface area contributed by atoms with Crippen LogP contribution in [-0.2, 0) is 19.1 Å². The van der Waals surface area contributed by atoms with Crippen molar-refractivity contribution in [1.82, 2.24) is 10.6 Å². The Morgan fingerprint density at radius 3 is 2.24 bits per heavy atom. The molecule has 0 aliphatic heterocycles. The van der Waals surface area contributed by atoms with Crippen molar-refractivity contribution in [2.24, 2.45) is 5.92 Å². The van der Waals surface area contributed by atoms with E-state index in [-0.39, 0.29) is 19.1 Å². The number of rotatable bonds is 8. The van der Waals surface area contributed by atoms with Crippen molar-refractivity contribution >= 4 is 18.0 Å². The molecule has 34 heavy (non-hydrogen) atoms. The minimum Gasteiger partial charge on any atom is -0.480 e. The number of hydrogen-bond acceptors (Lipinski definition) is 5. The number of ether oxygens (including phenoxy) is 2. The molecule has 0 heterocycles. The Kier molecular flexibility index (Phi) is 7.47. The van der Waals surface area contributed by atoms with Crippen molar-refractivity contribution in [2.75, 3.05) is 20.3 Å². The van der Waals surface area contributed by atoms with Crippen LogP contribution in [0.5, 0.6) is 0 Å². The molecule has 180 valence electrons. The molecule has 0 aromatic heterocycles. The SMILES string of the molecule is COC[C@H](NC(=O)[C@@H]1CCCC[C@@H]1NC(=O)OCC1c2ccccc2-c2ccccc21)C(=O)O. The predicted octanol–water partition coefficient (Wildman–Crippen LogP) is 3.30. The molecule has 2 aromatic rings. The van der Waals surface area contributed by atoms with Crippen LogP contribution in [0, 0.1) is 5.92 Å². The molecule has 3 atom stereocenters. The van der Waals surface area contributed by atoms with Gasteiger partial charge in [0.1, 0.15) is 6.61 Å². The minimum absolute atomic E-state index is 0.0472. The van der Waals surface area contributed by atoms with Gasteiger partial charge in [-0.25, -0.2) is 9.59 Å². The van der Waals surface area contributed by atoms with Crippen LogP contribution in [0.3, 0.4) is 0 Å². The maximum atomic E-state index is 12.8. The number of carboxylic acid groups (broad SMARTS) is 1. The lowest BCUT2D eigenvalue weighted by Crippen LogP contribution is -2.52. The number of hydrogen-bond donors (Lipinski definition) is 3. The Morgan fingerprint density at radius 1 is 1.00 bits per heavy atom. The Hall–Kier alpha value is -3.39. The van der Waals surface area contributed by atoms with E-state index in [9.17, 15) is 19.5 Å². The number of methoxy groups -OCH3 is 1. The highest BCUT2D eigenvalue weighted by atomic mass is 16.5. The number of aliphatic carboxylic acids is 1. The summed E-state index contributed by atoms with van der Waals surface area (Å²) in [6, 6.07) is 14.7. The number of amides is 2. The number of nitrogens with one attached hydrogen (secondary N) is 2. The summed E-state index contributed by atoms with van der Waals surface area (Å²) in [5.41, 5.74) is 4.56. The maximum Gasteiger partial charge on any atom is 0.407 e. The van der Waals surface area contributed by atoms with Crippen LogP contribution in [0.4, 0.5) is 4.79 Å². The van der Waals surface area contributed by atoms with Crippen molar-refractivity contribution in [3.8, 4) is 11.1 Å². The summed E-state index contributed by atoms with van der Waals surface area (Å²) in [6.07, 6.45) is 2.34. The molecule has 2 amide bonds. The maximum absolute atomic E-state index is 12.8. The van der Waals surface area contributed by atoms with Crippen LogP contribution >= 0.6 is 0 Å². The van der Waals surface area contributed by atoms with E-state index in [1.165, 1.54) is 7.11 Å². The highest BCUT2D eigenvalue weighted by Gasteiger charge is 2.35. The molecule has 0 radical (unpaired) electrons. The van der Waals surface area contributed by atoms with E-state index in [1.807, 2.05) is 24.3 Å². The number of carbonyl (C=O) groups excluding carboxylic acids is 2. The highest BCUT2D eigenvalue weighted by molar-refractivity contribution is 5.86. The third-order valence-electron chi connectivity index (χ3n) is 6.70. The van der Waals surface area contributed by atoms with E-state index < -0.39 is 36.0 Å². The topological polar surface area (TPSA) is 114 Å². The monoisotopic (exact) mass is 466 g/mol. The molecule has 2 aliphatic carbocycles. The minimum atomic E-state index is -1.16. The summed E-state index contributed by atoms with van der Waals surface area (Å²) in [4.78, 5) is 36.9. The standard InChI is InChI=1S/C26H30N2O6/c1-33-15-23(25(30)31)27-24(29)20-12-6-7-13-22(20)28-26(32)34-14-21-18-10-4-2-8-16(18)17-9-3-5-11-19(17)21/h2-5,8-11,20-23H,6-7,12-15H2,1H3,(H,27,29)(H,28,32)(H,30,31)/t20-,22+,23+/m1/s1. The smallest absolute Gasteiger partial charge is 0.407 e. The Balaban J connectivity index is 1.38. The lowest BCUT2D eigenvalue weighted by Gasteiger charge is -2.31. The first-order valence-electron chi connectivity index (χ1n) is 11.6. The third-order valence-corrected chi connectivity index (χ3v) is 6.70. The van der Waals surface area contributed by atoms with Gasteiger partial charge in [-0.3, -0.25) is 4.79 Å². The van der Waals surface area contributed by atoms with Gasteiger partial charge >= 0.3 is 12.1 Å². The van der Waals surface area contributed by atoms with Gasteiger partial charge in [0.05, 0.1) is 12.5 Å². The van der Waals surface area contributed by atoms with Gasteiger partial charge < -0.3 is 25.2 Å². The molecule has 0 unspecified atom stereocenters. The molecule has 4 rings (SSSR count). The third kappa shape index (κ3) is 5.07. The van der Waals surface area contributed by atoms with Crippen molar-refractivity contribution in [3.63, 3.8) is 0 Å². The Labute approximate surface area is 198 Å². The van der Waals surface area contributed by atoms with Gasteiger partial charge in [0.2, 0.25) is 5.91 Å². The number of fused-ring (bicyclic) bond motifs is 3. The highest BCUT2D eigenvalue weighted by Crippen LogP contribution is 2.44. The van der Waals surface area contributed by atoms with E-state index in [1.54, 1.807) is 0 Å². The van der Waals surface area contributed by atoms with Gasteiger partial charge in [0, 0.05) is 19.1 Å². The first-order chi connectivity index (χ1) is 16.5. The van der Waals surface area contributed by atoms with Crippen LogP contribution in [0.25, 0.3) is 11.1 Å². The average Bonchev–Trinajstić information content (AvgIpc) is 3.16. The van der Waals surface area contributed by atoms with Crippen LogP contribution in [-0.4, -0.2) is 55.5 Å². The molecule has 0 saturated heterocycles. The van der Waals surface area contributed by atoms with Gasteiger partial charge in [0.15, 0.2) is 6.04 Å². The van der Waals surface area contributed by atoms with Gasteiger partial charge in [-0.05, 0) is 35.1 Å². The fraction of sp³-hybridized carbons (Fsp3) is 0.423. The van der Waals surface area contributed by atoms with Crippen LogP contribution < -0.4 is 10.6 Å². The quantitative estimate of drug-likeness (QED) is 0.550. The Bertz CT molecular complexity index is 1010. The average molecular weight is 467 g/mol. The molecule has 3 N–H and O–H groups in total. The summed E-state index contributed by atoms with van der Waals surface area (Å²) >= 11 is 0. The van der Waals surface area contributed by atoms with Gasteiger partial charge in [-0.2, -0.15) is 0 Å². The number of benzene rings is 2. The fourth-order valence-electron chi connectivity index (χ4n) is 5.03. The molecule has 0 bridgehead atoms. The lowest BCUT2D eigenvalue weighted by molar-refractivity contribution is -0.144. The van der Waals surface area contributed by atoms with E-state index >= 15 is 0 Å². The zero-order chi connectivity index (χ0) is 24.1. The van der Waals surface area contributed by atoms with Crippen molar-refractivity contribution in [2.45, 2.75) is 43.7 Å². The van der Waals surface area contributed by atoms with Crippen molar-refractivity contribution in [1.29, 1.82) is 0 Å². The predicted molar refractivity (Wildman–Crippen MR) is 125 cm³/mol. The van der Waals surface area contributed by atoms with Crippen LogP contribution in [0.2, 0.25) is 0 Å². The second-order valence-electron chi connectivity index (χ2n) is 8.82. The molecule has 1 fully saturated rings. The second-order valence-corrected chi connectivity index (χ2v) is 8.82. The largest absolute Gasteiger partial charge is 0.480 e. The summed E-state index contributed by atoms with van der Waals surface area (Å²) < 4.78 is 10.5. The molecular formula is C26H30N2O6. The summed E-state index contributed by atoms with van der Waals surface area (Å²) in [7, 11) is 1.38. The molecule has 8 nitrogen and oxygen atoms in total. The number of carboxylic acids is 1. The van der Waals surface area contributed by atoms with E-state index in [0.717, 1.165) is 35.1 Å². The molecular weight excluding hydrogens is 436 g/mol. The van der Waals surface area contributed by atoms with E-state index in [0.29, 0.717) is 12.8 Å². The first-order valence-corrected chi connectivity index (χ1v) is 11.6. The summed E-state index contributed by atoms with van der Waals surface area (Å²) in [5.74, 6) is -2.12. The first kappa shape index (κ1) is 23.8. The fourth-order valence-corrected chi connectivity index (χ4v) is 5.03. The van der Waals surface area contributed by atoms with Crippen molar-refractivity contribution < 1.29 is 29.0 Å². The number of carbonyl (C=O) groups is 3. The summed E-state index contributed by atoms with van der Waals surface area (Å²) in [5, 5.41) is 14.7. The van der Waals surface area contributed by atoms with Gasteiger partial charge in [0.25, 0.3) is 0 Å². The van der Waals surface area contributed by atoms with Crippen LogP contribution in [0.1, 0.15) is 42.7 Å². The zero-order valence-corrected chi connectivity index (χ0v) is 19.2. The van der Waals surface area contributed by atoms with E-state index in [2.05, 4.69) is 34.9 Å². The zero-order valence-electron chi connectivity index (χ0n) is 19.2.